The maximum atomic E-state index is 11.6. The van der Waals surface area contributed by atoms with Gasteiger partial charge in [-0.15, -0.1) is 0 Å². The molecule has 7 heteroatoms. The standard InChI is InChI=1S/C12H11ClN4O2/c1-17-7-15-10(13)9(17)11(14)16-19-12(18)8-5-3-2-4-6-8/h2-7H,1H3,(H2,14,16). The molecule has 2 aromatic rings. The van der Waals surface area contributed by atoms with Crippen LogP contribution in [0, 0.1) is 0 Å². The number of carbonyl (C=O) groups is 1. The third-order valence-electron chi connectivity index (χ3n) is 2.37. The van der Waals surface area contributed by atoms with Crippen molar-refractivity contribution in [1.82, 2.24) is 9.55 Å². The highest BCUT2D eigenvalue weighted by Crippen LogP contribution is 2.12. The summed E-state index contributed by atoms with van der Waals surface area (Å²) in [5.74, 6) is -0.615. The Hall–Kier alpha value is -2.34. The minimum absolute atomic E-state index is 0.0192. The van der Waals surface area contributed by atoms with E-state index in [1.165, 1.54) is 6.33 Å². The van der Waals surface area contributed by atoms with Crippen LogP contribution in [0.15, 0.2) is 41.8 Å². The summed E-state index contributed by atoms with van der Waals surface area (Å²) >= 11 is 5.84. The van der Waals surface area contributed by atoms with Gasteiger partial charge in [0.2, 0.25) is 0 Å². The molecule has 2 N–H and O–H groups in total. The van der Waals surface area contributed by atoms with Gasteiger partial charge in [0.25, 0.3) is 0 Å². The highest BCUT2D eigenvalue weighted by molar-refractivity contribution is 6.32. The molecule has 0 atom stereocenters. The van der Waals surface area contributed by atoms with Gasteiger partial charge >= 0.3 is 5.97 Å². The van der Waals surface area contributed by atoms with Crippen LogP contribution in [0.3, 0.4) is 0 Å². The molecule has 0 radical (unpaired) electrons. The zero-order valence-corrected chi connectivity index (χ0v) is 10.8. The topological polar surface area (TPSA) is 82.5 Å². The lowest BCUT2D eigenvalue weighted by molar-refractivity contribution is 0.0516. The van der Waals surface area contributed by atoms with Crippen molar-refractivity contribution >= 4 is 23.4 Å². The Morgan fingerprint density at radius 1 is 1.42 bits per heavy atom. The number of hydrogen-bond donors (Lipinski definition) is 1. The Labute approximate surface area is 114 Å². The second-order valence-electron chi connectivity index (χ2n) is 3.72. The van der Waals surface area contributed by atoms with Crippen molar-refractivity contribution in [2.45, 2.75) is 0 Å². The van der Waals surface area contributed by atoms with E-state index in [0.29, 0.717) is 11.3 Å². The van der Waals surface area contributed by atoms with E-state index in [2.05, 4.69) is 10.1 Å². The molecular weight excluding hydrogens is 268 g/mol. The zero-order valence-electron chi connectivity index (χ0n) is 10.1. The smallest absolute Gasteiger partial charge is 0.365 e. The molecule has 1 aromatic heterocycles. The first-order chi connectivity index (χ1) is 9.09. The van der Waals surface area contributed by atoms with E-state index in [4.69, 9.17) is 22.2 Å². The molecule has 0 saturated heterocycles. The molecule has 0 bridgehead atoms. The summed E-state index contributed by atoms with van der Waals surface area (Å²) in [6, 6.07) is 8.48. The molecule has 0 aliphatic carbocycles. The third kappa shape index (κ3) is 2.92. The summed E-state index contributed by atoms with van der Waals surface area (Å²) < 4.78 is 1.58. The van der Waals surface area contributed by atoms with Crippen LogP contribution in [0.25, 0.3) is 0 Å². The van der Waals surface area contributed by atoms with Gasteiger partial charge in [0, 0.05) is 7.05 Å². The van der Waals surface area contributed by atoms with Gasteiger partial charge in [-0.3, -0.25) is 0 Å². The number of nitrogens with two attached hydrogens (primary N) is 1. The van der Waals surface area contributed by atoms with E-state index in [1.54, 1.807) is 41.9 Å². The highest BCUT2D eigenvalue weighted by Gasteiger charge is 2.13. The van der Waals surface area contributed by atoms with Crippen molar-refractivity contribution in [3.8, 4) is 0 Å². The van der Waals surface area contributed by atoms with Crippen molar-refractivity contribution in [3.05, 3.63) is 53.1 Å². The predicted molar refractivity (Wildman–Crippen MR) is 70.8 cm³/mol. The largest absolute Gasteiger partial charge is 0.379 e. The van der Waals surface area contributed by atoms with Crippen LogP contribution in [-0.4, -0.2) is 21.4 Å². The van der Waals surface area contributed by atoms with E-state index in [-0.39, 0.29) is 11.0 Å². The second-order valence-corrected chi connectivity index (χ2v) is 4.07. The lowest BCUT2D eigenvalue weighted by Crippen LogP contribution is -2.18. The summed E-state index contributed by atoms with van der Waals surface area (Å²) in [5.41, 5.74) is 6.47. The van der Waals surface area contributed by atoms with Crippen molar-refractivity contribution in [2.24, 2.45) is 17.9 Å². The number of hydrogen-bond acceptors (Lipinski definition) is 4. The lowest BCUT2D eigenvalue weighted by atomic mass is 10.2. The van der Waals surface area contributed by atoms with E-state index < -0.39 is 5.97 Å². The van der Waals surface area contributed by atoms with Gasteiger partial charge in [-0.25, -0.2) is 9.78 Å². The highest BCUT2D eigenvalue weighted by atomic mass is 35.5. The molecule has 0 aliphatic heterocycles. The summed E-state index contributed by atoms with van der Waals surface area (Å²) in [7, 11) is 1.70. The molecular formula is C12H11ClN4O2. The fourth-order valence-corrected chi connectivity index (χ4v) is 1.72. The number of oxime groups is 1. The van der Waals surface area contributed by atoms with Gasteiger partial charge in [0.15, 0.2) is 11.0 Å². The zero-order chi connectivity index (χ0) is 13.8. The number of imidazole rings is 1. The van der Waals surface area contributed by atoms with Crippen LogP contribution in [0.1, 0.15) is 16.1 Å². The monoisotopic (exact) mass is 278 g/mol. The average molecular weight is 279 g/mol. The van der Waals surface area contributed by atoms with Gasteiger partial charge in [0.1, 0.15) is 5.69 Å². The van der Waals surface area contributed by atoms with Crippen molar-refractivity contribution in [1.29, 1.82) is 0 Å². The van der Waals surface area contributed by atoms with Crippen molar-refractivity contribution in [2.75, 3.05) is 0 Å². The number of carbonyl (C=O) groups excluding carboxylic acids is 1. The SMILES string of the molecule is Cn1cnc(Cl)c1C(N)=NOC(=O)c1ccccc1. The molecule has 0 saturated carbocycles. The number of aryl methyl sites for hydroxylation is 1. The number of amidine groups is 1. The molecule has 0 fully saturated rings. The summed E-state index contributed by atoms with van der Waals surface area (Å²) in [6.07, 6.45) is 1.49. The molecule has 0 amide bonds. The molecule has 0 unspecified atom stereocenters. The van der Waals surface area contributed by atoms with Crippen LogP contribution in [0.5, 0.6) is 0 Å². The maximum Gasteiger partial charge on any atom is 0.365 e. The number of aromatic nitrogens is 2. The molecule has 19 heavy (non-hydrogen) atoms. The molecule has 98 valence electrons. The molecule has 0 aliphatic rings. The van der Waals surface area contributed by atoms with E-state index in [9.17, 15) is 4.79 Å². The van der Waals surface area contributed by atoms with Crippen LogP contribution < -0.4 is 5.73 Å². The van der Waals surface area contributed by atoms with Crippen LogP contribution in [0.2, 0.25) is 5.15 Å². The van der Waals surface area contributed by atoms with Crippen molar-refractivity contribution in [3.63, 3.8) is 0 Å². The van der Waals surface area contributed by atoms with Crippen LogP contribution in [0.4, 0.5) is 0 Å². The Bertz CT molecular complexity index is 602. The Morgan fingerprint density at radius 2 is 2.11 bits per heavy atom. The van der Waals surface area contributed by atoms with Crippen LogP contribution >= 0.6 is 11.6 Å². The fourth-order valence-electron chi connectivity index (χ4n) is 1.45. The van der Waals surface area contributed by atoms with E-state index in [1.807, 2.05) is 0 Å². The Kier molecular flexibility index (Phi) is 3.82. The molecule has 0 spiro atoms. The first kappa shape index (κ1) is 13.1. The first-order valence-electron chi connectivity index (χ1n) is 5.36. The number of rotatable bonds is 3. The number of halogens is 1. The second kappa shape index (κ2) is 5.53. The van der Waals surface area contributed by atoms with E-state index >= 15 is 0 Å². The number of nitrogens with zero attached hydrogens (tertiary/aromatic N) is 3. The average Bonchev–Trinajstić information content (AvgIpc) is 2.76. The molecule has 1 aromatic carbocycles. The maximum absolute atomic E-state index is 11.6. The summed E-state index contributed by atoms with van der Waals surface area (Å²) in [4.78, 5) is 20.2. The van der Waals surface area contributed by atoms with Crippen LogP contribution in [-0.2, 0) is 11.9 Å². The Balaban J connectivity index is 2.13. The molecule has 6 nitrogen and oxygen atoms in total. The molecule has 2 rings (SSSR count). The third-order valence-corrected chi connectivity index (χ3v) is 2.65. The fraction of sp³-hybridized carbons (Fsp3) is 0.0833. The van der Waals surface area contributed by atoms with Crippen molar-refractivity contribution < 1.29 is 9.63 Å². The normalized spacial score (nSPS) is 11.4. The first-order valence-corrected chi connectivity index (χ1v) is 5.74. The van der Waals surface area contributed by atoms with E-state index in [0.717, 1.165) is 0 Å². The summed E-state index contributed by atoms with van der Waals surface area (Å²) in [6.45, 7) is 0. The van der Waals surface area contributed by atoms with Gasteiger partial charge in [0.05, 0.1) is 11.9 Å². The minimum atomic E-state index is -0.596. The minimum Gasteiger partial charge on any atom is -0.379 e. The predicted octanol–water partition coefficient (Wildman–Crippen LogP) is 1.55. The Morgan fingerprint density at radius 3 is 2.68 bits per heavy atom. The van der Waals surface area contributed by atoms with Gasteiger partial charge in [-0.05, 0) is 12.1 Å². The summed E-state index contributed by atoms with van der Waals surface area (Å²) in [5, 5.41) is 3.76. The molecule has 1 heterocycles. The number of benzene rings is 1. The van der Waals surface area contributed by atoms with Gasteiger partial charge < -0.3 is 15.1 Å². The quantitative estimate of drug-likeness (QED) is 0.400. The van der Waals surface area contributed by atoms with Gasteiger partial charge in [-0.2, -0.15) is 0 Å². The lowest BCUT2D eigenvalue weighted by Gasteiger charge is -2.02. The van der Waals surface area contributed by atoms with Gasteiger partial charge in [-0.1, -0.05) is 35.0 Å².